The standard InChI is InChI=1S/C34H44O2Si4/c1-37(2,3)40(38(4,5)6,39(7,8)9)34-32-24-28(35-26-16-12-10-13-17-26)20-22-30(32)31-23-21-29(25-33(31)34)36-27-18-14-11-15-19-27/h10-25,34H,1-9H3. The Morgan fingerprint density at radius 2 is 0.775 bits per heavy atom. The van der Waals surface area contributed by atoms with Crippen molar-refractivity contribution in [3.63, 3.8) is 0 Å². The molecule has 1 aliphatic carbocycles. The minimum Gasteiger partial charge on any atom is -0.457 e. The molecule has 0 radical (unpaired) electrons. The van der Waals surface area contributed by atoms with Gasteiger partial charge in [0.2, 0.25) is 0 Å². The van der Waals surface area contributed by atoms with Crippen LogP contribution in [-0.2, 0) is 0 Å². The van der Waals surface area contributed by atoms with E-state index in [1.807, 2.05) is 60.7 Å². The summed E-state index contributed by atoms with van der Waals surface area (Å²) >= 11 is 0. The molecule has 0 saturated carbocycles. The second kappa shape index (κ2) is 10.3. The van der Waals surface area contributed by atoms with Crippen molar-refractivity contribution in [1.82, 2.24) is 0 Å². The average molecular weight is 597 g/mol. The van der Waals surface area contributed by atoms with E-state index < -0.39 is 29.4 Å². The summed E-state index contributed by atoms with van der Waals surface area (Å²) in [5.74, 6) is 3.65. The molecule has 6 heteroatoms. The highest BCUT2D eigenvalue weighted by Crippen LogP contribution is 2.57. The molecule has 208 valence electrons. The highest BCUT2D eigenvalue weighted by Gasteiger charge is 2.67. The number of fused-ring (bicyclic) bond motifs is 3. The van der Waals surface area contributed by atoms with Crippen molar-refractivity contribution in [2.45, 2.75) is 64.5 Å². The van der Waals surface area contributed by atoms with Crippen molar-refractivity contribution in [2.75, 3.05) is 0 Å². The number of benzene rings is 4. The first kappa shape index (κ1) is 28.9. The summed E-state index contributed by atoms with van der Waals surface area (Å²) < 4.78 is 12.9. The third kappa shape index (κ3) is 4.89. The van der Waals surface area contributed by atoms with Gasteiger partial charge in [-0.25, -0.2) is 0 Å². The van der Waals surface area contributed by atoms with Crippen molar-refractivity contribution in [3.05, 3.63) is 108 Å². The topological polar surface area (TPSA) is 18.5 Å². The van der Waals surface area contributed by atoms with Crippen LogP contribution in [0.5, 0.6) is 23.0 Å². The molecule has 5 rings (SSSR count). The van der Waals surface area contributed by atoms with Gasteiger partial charge in [0, 0.05) is 22.8 Å². The molecule has 0 atom stereocenters. The highest BCUT2D eigenvalue weighted by molar-refractivity contribution is 7.89. The van der Waals surface area contributed by atoms with Crippen molar-refractivity contribution < 1.29 is 9.47 Å². The molecule has 1 aliphatic rings. The summed E-state index contributed by atoms with van der Waals surface area (Å²) in [4.78, 5) is 0. The van der Waals surface area contributed by atoms with Crippen LogP contribution in [0.2, 0.25) is 58.9 Å². The molecule has 0 aromatic heterocycles. The Balaban J connectivity index is 1.76. The predicted octanol–water partition coefficient (Wildman–Crippen LogP) is 10.6. The molecule has 0 spiro atoms. The van der Waals surface area contributed by atoms with E-state index in [2.05, 4.69) is 95.3 Å². The van der Waals surface area contributed by atoms with Gasteiger partial charge in [-0.15, -0.1) is 0 Å². The third-order valence-corrected chi connectivity index (χ3v) is 81.9. The first-order valence-electron chi connectivity index (χ1n) is 14.5. The van der Waals surface area contributed by atoms with Crippen molar-refractivity contribution in [2.24, 2.45) is 0 Å². The Morgan fingerprint density at radius 3 is 1.10 bits per heavy atom. The highest BCUT2D eigenvalue weighted by atomic mass is 29.9. The molecular formula is C34H44O2Si4. The van der Waals surface area contributed by atoms with Crippen LogP contribution < -0.4 is 9.47 Å². The van der Waals surface area contributed by atoms with Gasteiger partial charge in [0.1, 0.15) is 23.0 Å². The smallest absolute Gasteiger partial charge is 0.127 e. The van der Waals surface area contributed by atoms with Gasteiger partial charge in [-0.3, -0.25) is 0 Å². The molecule has 2 nitrogen and oxygen atoms in total. The lowest BCUT2D eigenvalue weighted by molar-refractivity contribution is 0.482. The van der Waals surface area contributed by atoms with E-state index in [1.165, 1.54) is 22.3 Å². The third-order valence-electron chi connectivity index (χ3n) is 8.90. The van der Waals surface area contributed by atoms with Gasteiger partial charge in [-0.2, -0.15) is 0 Å². The molecule has 0 unspecified atom stereocenters. The zero-order valence-electron chi connectivity index (χ0n) is 25.6. The Kier molecular flexibility index (Phi) is 7.44. The SMILES string of the molecule is C[Si](C)(C)[Si](C1c2cc(Oc3ccccc3)ccc2-c2ccc(Oc3ccccc3)cc21)([Si](C)(C)C)[Si](C)(C)C. The molecule has 0 bridgehead atoms. The Hall–Kier alpha value is -2.65. The van der Waals surface area contributed by atoms with Crippen LogP contribution >= 0.6 is 0 Å². The second-order valence-electron chi connectivity index (χ2n) is 14.3. The van der Waals surface area contributed by atoms with E-state index in [1.54, 1.807) is 0 Å². The van der Waals surface area contributed by atoms with E-state index in [0.29, 0.717) is 5.54 Å². The zero-order valence-corrected chi connectivity index (χ0v) is 29.6. The summed E-state index contributed by atoms with van der Waals surface area (Å²) in [7, 11) is -4.84. The van der Waals surface area contributed by atoms with Gasteiger partial charge in [0.05, 0.1) is 6.63 Å². The number of ether oxygens (including phenoxy) is 2. The summed E-state index contributed by atoms with van der Waals surface area (Å²) in [5, 5.41) is 0. The average Bonchev–Trinajstić information content (AvgIpc) is 3.16. The van der Waals surface area contributed by atoms with Gasteiger partial charge >= 0.3 is 0 Å². The number of hydrogen-bond donors (Lipinski definition) is 0. The van der Waals surface area contributed by atoms with E-state index in [-0.39, 0.29) is 0 Å². The fourth-order valence-corrected chi connectivity index (χ4v) is 111. The van der Waals surface area contributed by atoms with E-state index in [9.17, 15) is 0 Å². The molecule has 4 aromatic carbocycles. The maximum absolute atomic E-state index is 6.45. The van der Waals surface area contributed by atoms with Gasteiger partial charge in [0.15, 0.2) is 0 Å². The maximum atomic E-state index is 6.45. The zero-order chi connectivity index (χ0) is 28.9. The molecular weight excluding hydrogens is 553 g/mol. The lowest BCUT2D eigenvalue weighted by atomic mass is 10.1. The van der Waals surface area contributed by atoms with Crippen LogP contribution in [0, 0.1) is 0 Å². The van der Waals surface area contributed by atoms with Crippen molar-refractivity contribution >= 4 is 29.4 Å². The van der Waals surface area contributed by atoms with Gasteiger partial charge in [-0.1, -0.05) is 107 Å². The minimum atomic E-state index is -1.89. The summed E-state index contributed by atoms with van der Waals surface area (Å²) in [6.45, 7) is 22.4. The Morgan fingerprint density at radius 1 is 0.425 bits per heavy atom. The van der Waals surface area contributed by atoms with Crippen LogP contribution in [0.1, 0.15) is 16.7 Å². The first-order valence-corrected chi connectivity index (χ1v) is 30.1. The van der Waals surface area contributed by atoms with E-state index >= 15 is 0 Å². The largest absolute Gasteiger partial charge is 0.457 e. The molecule has 0 fully saturated rings. The maximum Gasteiger partial charge on any atom is 0.127 e. The van der Waals surface area contributed by atoms with Crippen LogP contribution in [0.15, 0.2) is 97.1 Å². The quantitative estimate of drug-likeness (QED) is 0.188. The van der Waals surface area contributed by atoms with Crippen LogP contribution in [0.4, 0.5) is 0 Å². The lowest BCUT2D eigenvalue weighted by Crippen LogP contribution is -2.85. The van der Waals surface area contributed by atoms with Crippen molar-refractivity contribution in [1.29, 1.82) is 0 Å². The fourth-order valence-electron chi connectivity index (χ4n) is 8.73. The molecule has 0 saturated heterocycles. The molecule has 0 N–H and O–H groups in total. The van der Waals surface area contributed by atoms with E-state index in [4.69, 9.17) is 9.47 Å². The normalized spacial score (nSPS) is 14.0. The fraction of sp³-hybridized carbons (Fsp3) is 0.294. The number of rotatable bonds is 8. The van der Waals surface area contributed by atoms with Crippen molar-refractivity contribution in [3.8, 4) is 34.1 Å². The monoisotopic (exact) mass is 596 g/mol. The summed E-state index contributed by atoms with van der Waals surface area (Å²) in [6.07, 6.45) is 0. The predicted molar refractivity (Wildman–Crippen MR) is 183 cm³/mol. The Bertz CT molecular complexity index is 1370. The van der Waals surface area contributed by atoms with Gasteiger partial charge in [0.25, 0.3) is 0 Å². The minimum absolute atomic E-state index is 0.459. The number of hydrogen-bond acceptors (Lipinski definition) is 2. The van der Waals surface area contributed by atoms with Crippen LogP contribution in [0.3, 0.4) is 0 Å². The summed E-state index contributed by atoms with van der Waals surface area (Å²) in [6, 6.07) is 34.1. The molecule has 0 heterocycles. The molecule has 4 aromatic rings. The van der Waals surface area contributed by atoms with Gasteiger partial charge in [-0.05, 0) is 76.3 Å². The van der Waals surface area contributed by atoms with E-state index in [0.717, 1.165) is 23.0 Å². The van der Waals surface area contributed by atoms with Crippen LogP contribution in [0.25, 0.3) is 11.1 Å². The molecule has 0 aliphatic heterocycles. The molecule has 0 amide bonds. The number of para-hydroxylation sites is 2. The lowest BCUT2D eigenvalue weighted by Gasteiger charge is -2.61. The second-order valence-corrected chi connectivity index (χ2v) is 55.1. The summed E-state index contributed by atoms with van der Waals surface area (Å²) in [5.41, 5.74) is 6.23. The van der Waals surface area contributed by atoms with Crippen LogP contribution in [-0.4, -0.2) is 29.4 Å². The van der Waals surface area contributed by atoms with Gasteiger partial charge < -0.3 is 9.47 Å². The Labute approximate surface area is 244 Å². The first-order chi connectivity index (χ1) is 18.7. The molecule has 40 heavy (non-hydrogen) atoms.